The monoisotopic (exact) mass is 448 g/mol. The van der Waals surface area contributed by atoms with Gasteiger partial charge in [0.05, 0.1) is 23.5 Å². The lowest BCUT2D eigenvalue weighted by atomic mass is 10.0. The van der Waals surface area contributed by atoms with Crippen molar-refractivity contribution in [1.29, 1.82) is 5.26 Å². The van der Waals surface area contributed by atoms with Gasteiger partial charge in [0, 0.05) is 37.9 Å². The van der Waals surface area contributed by atoms with Crippen molar-refractivity contribution in [2.45, 2.75) is 45.0 Å². The van der Waals surface area contributed by atoms with Crippen LogP contribution >= 0.6 is 0 Å². The number of amides is 1. The molecule has 2 aromatic rings. The first-order valence-corrected chi connectivity index (χ1v) is 10.3. The Morgan fingerprint density at radius 1 is 1.25 bits per heavy atom. The summed E-state index contributed by atoms with van der Waals surface area (Å²) in [6, 6.07) is 2.47. The van der Waals surface area contributed by atoms with Crippen molar-refractivity contribution in [2.75, 3.05) is 31.1 Å². The second-order valence-electron chi connectivity index (χ2n) is 8.95. The predicted molar refractivity (Wildman–Crippen MR) is 109 cm³/mol. The van der Waals surface area contributed by atoms with Gasteiger partial charge in [0.2, 0.25) is 0 Å². The fourth-order valence-corrected chi connectivity index (χ4v) is 3.54. The molecule has 170 valence electrons. The predicted octanol–water partition coefficient (Wildman–Crippen LogP) is 3.84. The van der Waals surface area contributed by atoms with E-state index in [9.17, 15) is 23.2 Å². The summed E-state index contributed by atoms with van der Waals surface area (Å²) in [7, 11) is 0. The second kappa shape index (κ2) is 7.69. The summed E-state index contributed by atoms with van der Waals surface area (Å²) in [6.07, 6.45) is -1.19. The van der Waals surface area contributed by atoms with Gasteiger partial charge in [-0.2, -0.15) is 23.5 Å². The molecule has 0 unspecified atom stereocenters. The molecule has 2 saturated heterocycles. The molecule has 0 saturated carbocycles. The Bertz CT molecular complexity index is 1070. The van der Waals surface area contributed by atoms with Crippen molar-refractivity contribution >= 4 is 11.9 Å². The Kier molecular flexibility index (Phi) is 5.27. The van der Waals surface area contributed by atoms with Gasteiger partial charge in [-0.3, -0.25) is 4.68 Å². The summed E-state index contributed by atoms with van der Waals surface area (Å²) < 4.78 is 47.9. The third kappa shape index (κ3) is 4.22. The SMILES string of the molecule is CC(C)(C)OC(=O)N1CC(n2cc(-c3cc(C(F)(F)F)c(C#N)c(N4CCC4)n3)cn2)C1. The summed E-state index contributed by atoms with van der Waals surface area (Å²) in [5.74, 6) is 0.0519. The van der Waals surface area contributed by atoms with Gasteiger partial charge >= 0.3 is 12.3 Å². The van der Waals surface area contributed by atoms with E-state index in [1.807, 2.05) is 0 Å². The molecule has 8 nitrogen and oxygen atoms in total. The average Bonchev–Trinajstić information content (AvgIpc) is 3.05. The lowest BCUT2D eigenvalue weighted by Crippen LogP contribution is -2.52. The summed E-state index contributed by atoms with van der Waals surface area (Å²) >= 11 is 0. The normalized spacial score (nSPS) is 16.9. The Balaban J connectivity index is 1.57. The zero-order chi connectivity index (χ0) is 23.3. The standard InChI is InChI=1S/C21H23F3N6O2/c1-20(2,3)32-19(31)29-11-14(12-29)30-10-13(9-26-30)17-7-16(21(22,23)24)15(8-25)18(27-17)28-5-4-6-28/h7,9-10,14H,4-6,11-12H2,1-3H3. The molecule has 4 heterocycles. The van der Waals surface area contributed by atoms with Crippen LogP contribution in [0.2, 0.25) is 0 Å². The van der Waals surface area contributed by atoms with Crippen molar-refractivity contribution in [3.05, 3.63) is 29.6 Å². The van der Waals surface area contributed by atoms with E-state index in [1.54, 1.807) is 47.5 Å². The molecule has 0 aliphatic carbocycles. The number of hydrogen-bond donors (Lipinski definition) is 0. The lowest BCUT2D eigenvalue weighted by Gasteiger charge is -2.39. The third-order valence-corrected chi connectivity index (χ3v) is 5.36. The van der Waals surface area contributed by atoms with E-state index in [4.69, 9.17) is 4.74 Å². The number of hydrogen-bond acceptors (Lipinski definition) is 6. The zero-order valence-corrected chi connectivity index (χ0v) is 18.0. The van der Waals surface area contributed by atoms with Gasteiger partial charge in [0.1, 0.15) is 23.1 Å². The Morgan fingerprint density at radius 3 is 2.47 bits per heavy atom. The number of rotatable bonds is 3. The lowest BCUT2D eigenvalue weighted by molar-refractivity contribution is -0.137. The van der Waals surface area contributed by atoms with E-state index in [-0.39, 0.29) is 17.6 Å². The third-order valence-electron chi connectivity index (χ3n) is 5.36. The van der Waals surface area contributed by atoms with Crippen LogP contribution in [0.3, 0.4) is 0 Å². The van der Waals surface area contributed by atoms with E-state index in [1.165, 1.54) is 6.20 Å². The van der Waals surface area contributed by atoms with E-state index in [2.05, 4.69) is 10.1 Å². The maximum Gasteiger partial charge on any atom is 0.417 e. The largest absolute Gasteiger partial charge is 0.444 e. The molecule has 0 bridgehead atoms. The molecule has 2 fully saturated rings. The van der Waals surface area contributed by atoms with Crippen LogP contribution in [0.25, 0.3) is 11.3 Å². The van der Waals surface area contributed by atoms with Crippen LogP contribution in [0.1, 0.15) is 44.4 Å². The summed E-state index contributed by atoms with van der Waals surface area (Å²) in [5.41, 5.74) is -1.53. The number of aromatic nitrogens is 3. The summed E-state index contributed by atoms with van der Waals surface area (Å²) in [6.45, 7) is 7.27. The average molecular weight is 448 g/mol. The minimum absolute atomic E-state index is 0.0519. The minimum atomic E-state index is -4.68. The number of anilines is 1. The highest BCUT2D eigenvalue weighted by Gasteiger charge is 2.38. The number of halogens is 3. The molecular weight excluding hydrogens is 425 g/mol. The first-order chi connectivity index (χ1) is 15.0. The molecule has 0 spiro atoms. The Labute approximate surface area is 183 Å². The van der Waals surface area contributed by atoms with E-state index in [0.717, 1.165) is 12.5 Å². The van der Waals surface area contributed by atoms with Crippen LogP contribution in [0.15, 0.2) is 18.5 Å². The van der Waals surface area contributed by atoms with Crippen LogP contribution in [0.4, 0.5) is 23.8 Å². The quantitative estimate of drug-likeness (QED) is 0.709. The number of likely N-dealkylation sites (tertiary alicyclic amines) is 1. The van der Waals surface area contributed by atoms with E-state index < -0.39 is 29.0 Å². The van der Waals surface area contributed by atoms with Gasteiger partial charge in [-0.05, 0) is 33.3 Å². The molecular formula is C21H23F3N6O2. The van der Waals surface area contributed by atoms with Gasteiger partial charge < -0.3 is 14.5 Å². The van der Waals surface area contributed by atoms with Crippen LogP contribution in [0, 0.1) is 11.3 Å². The highest BCUT2D eigenvalue weighted by atomic mass is 19.4. The van der Waals surface area contributed by atoms with E-state index >= 15 is 0 Å². The zero-order valence-electron chi connectivity index (χ0n) is 18.0. The van der Waals surface area contributed by atoms with Crippen LogP contribution < -0.4 is 4.90 Å². The van der Waals surface area contributed by atoms with E-state index in [0.29, 0.717) is 31.7 Å². The smallest absolute Gasteiger partial charge is 0.417 e. The van der Waals surface area contributed by atoms with Gasteiger partial charge in [-0.1, -0.05) is 0 Å². The summed E-state index contributed by atoms with van der Waals surface area (Å²) in [5, 5.41) is 13.6. The number of ether oxygens (including phenoxy) is 1. The molecule has 0 aromatic carbocycles. The van der Waals surface area contributed by atoms with Gasteiger partial charge in [-0.15, -0.1) is 0 Å². The second-order valence-corrected chi connectivity index (χ2v) is 8.95. The molecule has 0 radical (unpaired) electrons. The fraction of sp³-hybridized carbons (Fsp3) is 0.524. The Morgan fingerprint density at radius 2 is 1.94 bits per heavy atom. The number of carbonyl (C=O) groups is 1. The maximum absolute atomic E-state index is 13.7. The molecule has 2 aromatic heterocycles. The number of pyridine rings is 1. The number of nitrogens with zero attached hydrogens (tertiary/aromatic N) is 6. The molecule has 2 aliphatic heterocycles. The number of alkyl halides is 3. The van der Waals surface area contributed by atoms with Gasteiger partial charge in [-0.25, -0.2) is 9.78 Å². The van der Waals surface area contributed by atoms with Crippen LogP contribution in [0.5, 0.6) is 0 Å². The molecule has 32 heavy (non-hydrogen) atoms. The molecule has 2 aliphatic rings. The topological polar surface area (TPSA) is 87.3 Å². The highest BCUT2D eigenvalue weighted by molar-refractivity contribution is 5.70. The van der Waals surface area contributed by atoms with Crippen molar-refractivity contribution < 1.29 is 22.7 Å². The minimum Gasteiger partial charge on any atom is -0.444 e. The first-order valence-electron chi connectivity index (χ1n) is 10.3. The Hall–Kier alpha value is -3.29. The van der Waals surface area contributed by atoms with Gasteiger partial charge in [0.25, 0.3) is 0 Å². The van der Waals surface area contributed by atoms with Crippen LogP contribution in [-0.4, -0.2) is 57.5 Å². The fourth-order valence-electron chi connectivity index (χ4n) is 3.54. The van der Waals surface area contributed by atoms with Crippen molar-refractivity contribution in [1.82, 2.24) is 19.7 Å². The van der Waals surface area contributed by atoms with Gasteiger partial charge in [0.15, 0.2) is 0 Å². The van der Waals surface area contributed by atoms with Crippen LogP contribution in [-0.2, 0) is 10.9 Å². The highest BCUT2D eigenvalue weighted by Crippen LogP contribution is 2.39. The molecule has 0 atom stereocenters. The number of nitriles is 1. The maximum atomic E-state index is 13.7. The first kappa shape index (κ1) is 21.9. The van der Waals surface area contributed by atoms with Crippen molar-refractivity contribution in [3.63, 3.8) is 0 Å². The summed E-state index contributed by atoms with van der Waals surface area (Å²) in [4.78, 5) is 19.7. The molecule has 1 amide bonds. The van der Waals surface area contributed by atoms with Crippen molar-refractivity contribution in [2.24, 2.45) is 0 Å². The molecule has 11 heteroatoms. The number of carbonyl (C=O) groups excluding carboxylic acids is 1. The van der Waals surface area contributed by atoms with Crippen molar-refractivity contribution in [3.8, 4) is 17.3 Å². The molecule has 0 N–H and O–H groups in total. The molecule has 4 rings (SSSR count).